The Morgan fingerprint density at radius 2 is 2.33 bits per heavy atom. The number of aryl methyl sites for hydroxylation is 1. The number of pyridine rings is 1. The summed E-state index contributed by atoms with van der Waals surface area (Å²) in [6.45, 7) is 7.62. The van der Waals surface area contributed by atoms with Gasteiger partial charge in [0, 0.05) is 18.8 Å². The monoisotopic (exact) mass is 247 g/mol. The van der Waals surface area contributed by atoms with Crippen molar-refractivity contribution in [3.05, 3.63) is 29.6 Å². The zero-order valence-electron chi connectivity index (χ0n) is 11.3. The molecule has 1 fully saturated rings. The van der Waals surface area contributed by atoms with E-state index in [2.05, 4.69) is 24.1 Å². The molecule has 0 saturated carbocycles. The summed E-state index contributed by atoms with van der Waals surface area (Å²) in [5, 5.41) is 3.31. The highest BCUT2D eigenvalue weighted by Crippen LogP contribution is 2.16. The number of carbonyl (C=O) groups excluding carboxylic acids is 1. The van der Waals surface area contributed by atoms with Gasteiger partial charge in [-0.1, -0.05) is 19.9 Å². The van der Waals surface area contributed by atoms with Crippen LogP contribution in [0.25, 0.3) is 0 Å². The molecule has 0 aliphatic carbocycles. The van der Waals surface area contributed by atoms with Gasteiger partial charge in [-0.2, -0.15) is 0 Å². The summed E-state index contributed by atoms with van der Waals surface area (Å²) in [6, 6.07) is 4.28. The predicted molar refractivity (Wildman–Crippen MR) is 71.1 cm³/mol. The van der Waals surface area contributed by atoms with E-state index >= 15 is 0 Å². The van der Waals surface area contributed by atoms with Crippen LogP contribution in [-0.2, 0) is 11.3 Å². The Labute approximate surface area is 108 Å². The summed E-state index contributed by atoms with van der Waals surface area (Å²) in [7, 11) is 0. The molecule has 1 saturated heterocycles. The smallest absolute Gasteiger partial charge is 0.240 e. The van der Waals surface area contributed by atoms with Crippen LogP contribution in [0.2, 0.25) is 0 Å². The molecule has 98 valence electrons. The molecule has 2 heterocycles. The molecule has 4 heteroatoms. The van der Waals surface area contributed by atoms with Gasteiger partial charge in [-0.25, -0.2) is 0 Å². The van der Waals surface area contributed by atoms with Gasteiger partial charge in [0.2, 0.25) is 5.91 Å². The van der Waals surface area contributed by atoms with Gasteiger partial charge in [0.25, 0.3) is 0 Å². The van der Waals surface area contributed by atoms with E-state index < -0.39 is 0 Å². The Kier molecular flexibility index (Phi) is 3.97. The minimum atomic E-state index is -0.0194. The van der Waals surface area contributed by atoms with Crippen LogP contribution in [0, 0.1) is 6.92 Å². The zero-order valence-corrected chi connectivity index (χ0v) is 11.3. The number of carbonyl (C=O) groups is 1. The van der Waals surface area contributed by atoms with Crippen molar-refractivity contribution in [3.63, 3.8) is 0 Å². The molecular formula is C14H21N3O. The Morgan fingerprint density at radius 3 is 3.00 bits per heavy atom. The summed E-state index contributed by atoms with van der Waals surface area (Å²) in [6.07, 6.45) is 2.68. The van der Waals surface area contributed by atoms with E-state index in [1.165, 1.54) is 0 Å². The second kappa shape index (κ2) is 5.48. The molecule has 18 heavy (non-hydrogen) atoms. The second-order valence-corrected chi connectivity index (χ2v) is 5.19. The van der Waals surface area contributed by atoms with Crippen LogP contribution >= 0.6 is 0 Å². The zero-order chi connectivity index (χ0) is 13.1. The lowest BCUT2D eigenvalue weighted by Gasteiger charge is -2.18. The maximum absolute atomic E-state index is 12.2. The maximum Gasteiger partial charge on any atom is 0.240 e. The first-order valence-electron chi connectivity index (χ1n) is 6.53. The van der Waals surface area contributed by atoms with E-state index in [-0.39, 0.29) is 11.9 Å². The number of aromatic nitrogens is 1. The van der Waals surface area contributed by atoms with Gasteiger partial charge in [0.1, 0.15) is 0 Å². The van der Waals surface area contributed by atoms with Crippen LogP contribution in [0.1, 0.15) is 31.5 Å². The number of nitrogens with one attached hydrogen (secondary N) is 1. The molecule has 1 aromatic heterocycles. The fourth-order valence-electron chi connectivity index (χ4n) is 2.32. The van der Waals surface area contributed by atoms with Crippen LogP contribution in [0.5, 0.6) is 0 Å². The first-order valence-corrected chi connectivity index (χ1v) is 6.53. The quantitative estimate of drug-likeness (QED) is 0.876. The summed E-state index contributed by atoms with van der Waals surface area (Å²) in [5.74, 6) is 0.203. The first kappa shape index (κ1) is 13.0. The number of amides is 1. The molecule has 0 radical (unpaired) electrons. The SMILES string of the molecule is Cc1cccnc1CN1CCC(NC(C)C)C1=O. The van der Waals surface area contributed by atoms with E-state index in [4.69, 9.17) is 0 Å². The summed E-state index contributed by atoms with van der Waals surface area (Å²) in [5.41, 5.74) is 2.14. The summed E-state index contributed by atoms with van der Waals surface area (Å²) in [4.78, 5) is 18.4. The Bertz CT molecular complexity index is 431. The van der Waals surface area contributed by atoms with Gasteiger partial charge in [0.05, 0.1) is 18.3 Å². The van der Waals surface area contributed by atoms with Crippen molar-refractivity contribution in [1.29, 1.82) is 0 Å². The van der Waals surface area contributed by atoms with Crippen LogP contribution in [0.3, 0.4) is 0 Å². The molecule has 4 nitrogen and oxygen atoms in total. The molecule has 0 bridgehead atoms. The van der Waals surface area contributed by atoms with Gasteiger partial charge in [-0.05, 0) is 25.0 Å². The molecule has 2 rings (SSSR count). The molecule has 1 amide bonds. The van der Waals surface area contributed by atoms with E-state index in [9.17, 15) is 4.79 Å². The number of rotatable bonds is 4. The maximum atomic E-state index is 12.2. The summed E-state index contributed by atoms with van der Waals surface area (Å²) >= 11 is 0. The van der Waals surface area contributed by atoms with Gasteiger partial charge in [0.15, 0.2) is 0 Å². The molecule has 1 aromatic rings. The van der Waals surface area contributed by atoms with E-state index in [0.29, 0.717) is 12.6 Å². The average molecular weight is 247 g/mol. The molecule has 0 spiro atoms. The van der Waals surface area contributed by atoms with Crippen molar-refractivity contribution in [2.75, 3.05) is 6.54 Å². The molecular weight excluding hydrogens is 226 g/mol. The molecule has 1 unspecified atom stereocenters. The predicted octanol–water partition coefficient (Wildman–Crippen LogP) is 1.49. The lowest BCUT2D eigenvalue weighted by Crippen LogP contribution is -2.41. The van der Waals surface area contributed by atoms with Crippen LogP contribution in [0.15, 0.2) is 18.3 Å². The topological polar surface area (TPSA) is 45.2 Å². The summed E-state index contributed by atoms with van der Waals surface area (Å²) < 4.78 is 0. The minimum absolute atomic E-state index is 0.0194. The Balaban J connectivity index is 2.00. The average Bonchev–Trinajstić information content (AvgIpc) is 2.64. The van der Waals surface area contributed by atoms with Crippen molar-refractivity contribution in [2.45, 2.75) is 45.8 Å². The lowest BCUT2D eigenvalue weighted by atomic mass is 10.2. The van der Waals surface area contributed by atoms with E-state index in [1.54, 1.807) is 6.20 Å². The molecule has 0 aromatic carbocycles. The van der Waals surface area contributed by atoms with E-state index in [1.807, 2.05) is 24.0 Å². The molecule has 1 N–H and O–H groups in total. The highest BCUT2D eigenvalue weighted by molar-refractivity contribution is 5.84. The van der Waals surface area contributed by atoms with Crippen molar-refractivity contribution in [1.82, 2.24) is 15.2 Å². The van der Waals surface area contributed by atoms with Crippen molar-refractivity contribution in [3.8, 4) is 0 Å². The number of hydrogen-bond donors (Lipinski definition) is 1. The lowest BCUT2D eigenvalue weighted by molar-refractivity contribution is -0.130. The fraction of sp³-hybridized carbons (Fsp3) is 0.571. The van der Waals surface area contributed by atoms with E-state index in [0.717, 1.165) is 24.2 Å². The van der Waals surface area contributed by atoms with Crippen molar-refractivity contribution < 1.29 is 4.79 Å². The largest absolute Gasteiger partial charge is 0.335 e. The third-order valence-corrected chi connectivity index (χ3v) is 3.29. The van der Waals surface area contributed by atoms with Crippen molar-refractivity contribution in [2.24, 2.45) is 0 Å². The third kappa shape index (κ3) is 2.88. The van der Waals surface area contributed by atoms with Crippen LogP contribution in [0.4, 0.5) is 0 Å². The van der Waals surface area contributed by atoms with Gasteiger partial charge in [-0.3, -0.25) is 9.78 Å². The number of likely N-dealkylation sites (tertiary alicyclic amines) is 1. The normalized spacial score (nSPS) is 19.9. The Hall–Kier alpha value is -1.42. The first-order chi connectivity index (χ1) is 8.58. The Morgan fingerprint density at radius 1 is 1.56 bits per heavy atom. The highest BCUT2D eigenvalue weighted by Gasteiger charge is 2.31. The van der Waals surface area contributed by atoms with Gasteiger partial charge >= 0.3 is 0 Å². The van der Waals surface area contributed by atoms with Gasteiger partial charge < -0.3 is 10.2 Å². The van der Waals surface area contributed by atoms with Crippen LogP contribution < -0.4 is 5.32 Å². The molecule has 1 aliphatic rings. The molecule has 1 aliphatic heterocycles. The van der Waals surface area contributed by atoms with Gasteiger partial charge in [-0.15, -0.1) is 0 Å². The van der Waals surface area contributed by atoms with Crippen LogP contribution in [-0.4, -0.2) is 34.4 Å². The standard InChI is InChI=1S/C14H21N3O/c1-10(2)16-12-6-8-17(14(12)18)9-13-11(3)5-4-7-15-13/h4-5,7,10,12,16H,6,8-9H2,1-3H3. The highest BCUT2D eigenvalue weighted by atomic mass is 16.2. The number of hydrogen-bond acceptors (Lipinski definition) is 3. The fourth-order valence-corrected chi connectivity index (χ4v) is 2.32. The number of nitrogens with zero attached hydrogens (tertiary/aromatic N) is 2. The third-order valence-electron chi connectivity index (χ3n) is 3.29. The van der Waals surface area contributed by atoms with Crippen molar-refractivity contribution >= 4 is 5.91 Å². The molecule has 1 atom stereocenters. The minimum Gasteiger partial charge on any atom is -0.335 e. The second-order valence-electron chi connectivity index (χ2n) is 5.19.